The van der Waals surface area contributed by atoms with E-state index in [2.05, 4.69) is 18.3 Å². The molecule has 98 valence electrons. The van der Waals surface area contributed by atoms with Crippen molar-refractivity contribution in [3.63, 3.8) is 0 Å². The molecule has 0 saturated heterocycles. The van der Waals surface area contributed by atoms with Gasteiger partial charge in [-0.05, 0) is 44.2 Å². The van der Waals surface area contributed by atoms with Gasteiger partial charge < -0.3 is 15.6 Å². The summed E-state index contributed by atoms with van der Waals surface area (Å²) < 4.78 is 1.95. The Morgan fingerprint density at radius 2 is 2.11 bits per heavy atom. The maximum atomic E-state index is 9.00. The average Bonchev–Trinajstić information content (AvgIpc) is 2.65. The van der Waals surface area contributed by atoms with Gasteiger partial charge in [-0.15, -0.1) is 0 Å². The number of nitrogens with zero attached hydrogens (tertiary/aromatic N) is 2. The van der Waals surface area contributed by atoms with E-state index >= 15 is 0 Å². The van der Waals surface area contributed by atoms with Gasteiger partial charge in [-0.25, -0.2) is 0 Å². The standard InChI is InChI=1S/C14H22N4/c1-10-11(7-14(8-15)18(10)2)9-17-13-5-3-12(16)4-6-13/h7,12-13,17H,3-6,9,16H2,1-2H3. The van der Waals surface area contributed by atoms with Crippen LogP contribution >= 0.6 is 0 Å². The van der Waals surface area contributed by atoms with Crippen LogP contribution in [-0.4, -0.2) is 16.7 Å². The molecule has 0 atom stereocenters. The molecule has 18 heavy (non-hydrogen) atoms. The third kappa shape index (κ3) is 2.74. The number of hydrogen-bond donors (Lipinski definition) is 2. The molecular weight excluding hydrogens is 224 g/mol. The molecule has 1 aromatic heterocycles. The van der Waals surface area contributed by atoms with Crippen molar-refractivity contribution in [1.29, 1.82) is 5.26 Å². The van der Waals surface area contributed by atoms with Crippen LogP contribution in [0.4, 0.5) is 0 Å². The van der Waals surface area contributed by atoms with Crippen molar-refractivity contribution in [2.24, 2.45) is 12.8 Å². The SMILES string of the molecule is Cc1c(CNC2CCC(N)CC2)cc(C#N)n1C. The smallest absolute Gasteiger partial charge is 0.120 e. The molecule has 1 aromatic rings. The molecule has 3 N–H and O–H groups in total. The lowest BCUT2D eigenvalue weighted by molar-refractivity contribution is 0.341. The third-order valence-corrected chi connectivity index (χ3v) is 4.11. The predicted molar refractivity (Wildman–Crippen MR) is 71.9 cm³/mol. The van der Waals surface area contributed by atoms with Crippen LogP contribution in [0.1, 0.15) is 42.6 Å². The van der Waals surface area contributed by atoms with Crippen molar-refractivity contribution >= 4 is 0 Å². The van der Waals surface area contributed by atoms with Gasteiger partial charge in [0.1, 0.15) is 11.8 Å². The van der Waals surface area contributed by atoms with E-state index in [1.807, 2.05) is 17.7 Å². The molecule has 0 amide bonds. The van der Waals surface area contributed by atoms with Gasteiger partial charge in [-0.3, -0.25) is 0 Å². The normalized spacial score (nSPS) is 23.9. The van der Waals surface area contributed by atoms with Crippen molar-refractivity contribution in [1.82, 2.24) is 9.88 Å². The minimum Gasteiger partial charge on any atom is -0.340 e. The Kier molecular flexibility index (Phi) is 4.05. The first kappa shape index (κ1) is 13.1. The minimum atomic E-state index is 0.395. The molecule has 0 spiro atoms. The van der Waals surface area contributed by atoms with Crippen LogP contribution in [0.2, 0.25) is 0 Å². The Bertz CT molecular complexity index is 447. The summed E-state index contributed by atoms with van der Waals surface area (Å²) in [6.45, 7) is 2.91. The molecule has 0 unspecified atom stereocenters. The number of nitrogens with one attached hydrogen (secondary N) is 1. The predicted octanol–water partition coefficient (Wildman–Crippen LogP) is 1.56. The third-order valence-electron chi connectivity index (χ3n) is 4.11. The lowest BCUT2D eigenvalue weighted by atomic mass is 9.92. The molecule has 1 heterocycles. The van der Waals surface area contributed by atoms with Crippen LogP contribution in [0.3, 0.4) is 0 Å². The Hall–Kier alpha value is -1.31. The van der Waals surface area contributed by atoms with Gasteiger partial charge >= 0.3 is 0 Å². The van der Waals surface area contributed by atoms with E-state index in [0.29, 0.717) is 12.1 Å². The number of nitrogens with two attached hydrogens (primary N) is 1. The molecule has 0 aromatic carbocycles. The quantitative estimate of drug-likeness (QED) is 0.850. The first-order chi connectivity index (χ1) is 8.61. The highest BCUT2D eigenvalue weighted by atomic mass is 15.0. The molecule has 1 fully saturated rings. The molecule has 0 bridgehead atoms. The Morgan fingerprint density at radius 1 is 1.44 bits per heavy atom. The van der Waals surface area contributed by atoms with Crippen LogP contribution in [-0.2, 0) is 13.6 Å². The fraction of sp³-hybridized carbons (Fsp3) is 0.643. The molecule has 0 aliphatic heterocycles. The van der Waals surface area contributed by atoms with Crippen LogP contribution in [0.5, 0.6) is 0 Å². The van der Waals surface area contributed by atoms with Crippen LogP contribution < -0.4 is 11.1 Å². The summed E-state index contributed by atoms with van der Waals surface area (Å²) in [5, 5.41) is 12.6. The van der Waals surface area contributed by atoms with Crippen molar-refractivity contribution in [2.75, 3.05) is 0 Å². The zero-order valence-corrected chi connectivity index (χ0v) is 11.2. The van der Waals surface area contributed by atoms with Gasteiger partial charge in [0.15, 0.2) is 0 Å². The maximum Gasteiger partial charge on any atom is 0.120 e. The highest BCUT2D eigenvalue weighted by molar-refractivity contribution is 5.34. The Balaban J connectivity index is 1.93. The molecular formula is C14H22N4. The first-order valence-corrected chi connectivity index (χ1v) is 6.66. The van der Waals surface area contributed by atoms with Crippen LogP contribution in [0.15, 0.2) is 6.07 Å². The second-order valence-electron chi connectivity index (χ2n) is 5.30. The largest absolute Gasteiger partial charge is 0.340 e. The van der Waals surface area contributed by atoms with Gasteiger partial charge in [0.25, 0.3) is 0 Å². The maximum absolute atomic E-state index is 9.00. The minimum absolute atomic E-state index is 0.395. The summed E-state index contributed by atoms with van der Waals surface area (Å²) in [7, 11) is 1.94. The Morgan fingerprint density at radius 3 is 2.67 bits per heavy atom. The van der Waals surface area contributed by atoms with E-state index in [1.54, 1.807) is 0 Å². The zero-order chi connectivity index (χ0) is 13.1. The van der Waals surface area contributed by atoms with E-state index in [9.17, 15) is 0 Å². The van der Waals surface area contributed by atoms with Crippen molar-refractivity contribution in [2.45, 2.75) is 51.2 Å². The summed E-state index contributed by atoms with van der Waals surface area (Å²) in [5.41, 5.74) is 9.03. The fourth-order valence-electron chi connectivity index (χ4n) is 2.63. The van der Waals surface area contributed by atoms with E-state index in [4.69, 9.17) is 11.0 Å². The van der Waals surface area contributed by atoms with E-state index in [-0.39, 0.29) is 0 Å². The summed E-state index contributed by atoms with van der Waals surface area (Å²) in [6.07, 6.45) is 4.57. The van der Waals surface area contributed by atoms with Crippen LogP contribution in [0.25, 0.3) is 0 Å². The van der Waals surface area contributed by atoms with Gasteiger partial charge in [0.05, 0.1) is 0 Å². The second-order valence-corrected chi connectivity index (χ2v) is 5.30. The lowest BCUT2D eigenvalue weighted by Crippen LogP contribution is -2.37. The van der Waals surface area contributed by atoms with Gasteiger partial charge in [0, 0.05) is 31.4 Å². The molecule has 1 saturated carbocycles. The molecule has 0 radical (unpaired) electrons. The summed E-state index contributed by atoms with van der Waals surface area (Å²) in [6, 6.07) is 5.18. The summed E-state index contributed by atoms with van der Waals surface area (Å²) in [5.74, 6) is 0. The number of hydrogen-bond acceptors (Lipinski definition) is 3. The number of aromatic nitrogens is 1. The van der Waals surface area contributed by atoms with E-state index in [1.165, 1.54) is 11.3 Å². The topological polar surface area (TPSA) is 66.8 Å². The Labute approximate surface area is 109 Å². The fourth-order valence-corrected chi connectivity index (χ4v) is 2.63. The molecule has 4 nitrogen and oxygen atoms in total. The van der Waals surface area contributed by atoms with Crippen molar-refractivity contribution in [3.05, 3.63) is 23.0 Å². The lowest BCUT2D eigenvalue weighted by Gasteiger charge is -2.26. The van der Waals surface area contributed by atoms with Gasteiger partial charge in [0.2, 0.25) is 0 Å². The molecule has 2 rings (SSSR count). The summed E-state index contributed by atoms with van der Waals surface area (Å²) >= 11 is 0. The van der Waals surface area contributed by atoms with Gasteiger partial charge in [-0.1, -0.05) is 0 Å². The van der Waals surface area contributed by atoms with E-state index < -0.39 is 0 Å². The zero-order valence-electron chi connectivity index (χ0n) is 11.2. The van der Waals surface area contributed by atoms with Gasteiger partial charge in [-0.2, -0.15) is 5.26 Å². The number of rotatable bonds is 3. The highest BCUT2D eigenvalue weighted by Gasteiger charge is 2.18. The number of nitriles is 1. The molecule has 1 aliphatic rings. The monoisotopic (exact) mass is 246 g/mol. The first-order valence-electron chi connectivity index (χ1n) is 6.66. The highest BCUT2D eigenvalue weighted by Crippen LogP contribution is 2.18. The summed E-state index contributed by atoms with van der Waals surface area (Å²) in [4.78, 5) is 0. The second kappa shape index (κ2) is 5.55. The van der Waals surface area contributed by atoms with E-state index in [0.717, 1.165) is 37.9 Å². The van der Waals surface area contributed by atoms with Crippen molar-refractivity contribution < 1.29 is 0 Å². The molecule has 4 heteroatoms. The average molecular weight is 246 g/mol. The van der Waals surface area contributed by atoms with Crippen molar-refractivity contribution in [3.8, 4) is 6.07 Å². The van der Waals surface area contributed by atoms with Crippen LogP contribution in [0, 0.1) is 18.3 Å². The molecule has 1 aliphatic carbocycles.